The Kier molecular flexibility index (Phi) is 6.57. The van der Waals surface area contributed by atoms with Gasteiger partial charge in [-0.1, -0.05) is 18.5 Å². The summed E-state index contributed by atoms with van der Waals surface area (Å²) in [5.41, 5.74) is 0. The van der Waals surface area contributed by atoms with Crippen LogP contribution in [-0.2, 0) is 19.1 Å². The summed E-state index contributed by atoms with van der Waals surface area (Å²) < 4.78 is 11.6. The number of halogens is 1. The molecule has 0 N–H and O–H groups in total. The summed E-state index contributed by atoms with van der Waals surface area (Å²) in [6.45, 7) is 9.97. The van der Waals surface area contributed by atoms with Crippen LogP contribution in [0.5, 0.6) is 0 Å². The molecule has 0 bridgehead atoms. The molecule has 2 aliphatic heterocycles. The molecule has 8 heteroatoms. The number of thiophene rings is 1. The molecule has 0 radical (unpaired) electrons. The third-order valence-corrected chi connectivity index (χ3v) is 6.59. The number of carbonyl (C=O) groups excluding carboxylic acids is 2. The minimum atomic E-state index is -0.845. The van der Waals surface area contributed by atoms with Crippen LogP contribution < -0.4 is 4.90 Å². The quantitative estimate of drug-likeness (QED) is 0.642. The maximum atomic E-state index is 12.8. The lowest BCUT2D eigenvalue weighted by atomic mass is 9.98. The van der Waals surface area contributed by atoms with Gasteiger partial charge in [0.05, 0.1) is 9.34 Å². The van der Waals surface area contributed by atoms with E-state index in [4.69, 9.17) is 21.1 Å². The average Bonchev–Trinajstić information content (AvgIpc) is 3.14. The van der Waals surface area contributed by atoms with Gasteiger partial charge < -0.3 is 19.3 Å². The Labute approximate surface area is 175 Å². The third kappa shape index (κ3) is 5.19. The number of carbonyl (C=O) groups is 2. The van der Waals surface area contributed by atoms with Crippen LogP contribution in [0.4, 0.5) is 5.00 Å². The molecule has 0 saturated carbocycles. The molecule has 1 unspecified atom stereocenters. The van der Waals surface area contributed by atoms with Crippen molar-refractivity contribution in [1.29, 1.82) is 0 Å². The number of piperazine rings is 1. The van der Waals surface area contributed by atoms with Crippen LogP contribution >= 0.6 is 22.9 Å². The number of anilines is 1. The van der Waals surface area contributed by atoms with Crippen molar-refractivity contribution in [2.24, 2.45) is 5.92 Å². The number of nitrogens with zero attached hydrogens (tertiary/aromatic N) is 2. The topological polar surface area (TPSA) is 59.1 Å². The first-order valence-electron chi connectivity index (χ1n) is 9.85. The highest BCUT2D eigenvalue weighted by molar-refractivity contribution is 7.19. The Balaban J connectivity index is 1.45. The van der Waals surface area contributed by atoms with Crippen molar-refractivity contribution < 1.29 is 19.1 Å². The van der Waals surface area contributed by atoms with Crippen LogP contribution in [0.1, 0.15) is 47.0 Å². The predicted octanol–water partition coefficient (Wildman–Crippen LogP) is 3.92. The molecule has 0 aliphatic carbocycles. The summed E-state index contributed by atoms with van der Waals surface area (Å²) in [6, 6.07) is 4.11. The Bertz CT molecular complexity index is 723. The highest BCUT2D eigenvalue weighted by Gasteiger charge is 2.40. The number of cyclic esters (lactones) is 1. The predicted molar refractivity (Wildman–Crippen MR) is 111 cm³/mol. The maximum Gasteiger partial charge on any atom is 0.337 e. The van der Waals surface area contributed by atoms with Crippen LogP contribution in [0, 0.1) is 5.92 Å². The summed E-state index contributed by atoms with van der Waals surface area (Å²) in [5, 5.41) is 1.16. The van der Waals surface area contributed by atoms with Gasteiger partial charge in [-0.3, -0.25) is 4.79 Å². The van der Waals surface area contributed by atoms with E-state index < -0.39 is 11.9 Å². The zero-order chi connectivity index (χ0) is 20.5. The Morgan fingerprint density at radius 1 is 1.39 bits per heavy atom. The van der Waals surface area contributed by atoms with Crippen molar-refractivity contribution in [3.63, 3.8) is 0 Å². The van der Waals surface area contributed by atoms with Crippen molar-refractivity contribution in [3.8, 4) is 0 Å². The van der Waals surface area contributed by atoms with Gasteiger partial charge in [-0.15, -0.1) is 11.3 Å². The molecule has 2 fully saturated rings. The van der Waals surface area contributed by atoms with Crippen LogP contribution in [0.25, 0.3) is 0 Å². The molecular weight excluding hydrogens is 400 g/mol. The molecule has 156 valence electrons. The smallest absolute Gasteiger partial charge is 0.337 e. The Morgan fingerprint density at radius 2 is 2.14 bits per heavy atom. The normalized spacial score (nSPS) is 25.7. The highest BCUT2D eigenvalue weighted by atomic mass is 35.5. The summed E-state index contributed by atoms with van der Waals surface area (Å²) >= 11 is 7.62. The molecule has 2 aliphatic rings. The monoisotopic (exact) mass is 428 g/mol. The van der Waals surface area contributed by atoms with Crippen molar-refractivity contribution in [2.45, 2.75) is 64.9 Å². The second-order valence-corrected chi connectivity index (χ2v) is 9.97. The lowest BCUT2D eigenvalue weighted by Gasteiger charge is -2.40. The van der Waals surface area contributed by atoms with Gasteiger partial charge in [0, 0.05) is 45.9 Å². The first-order chi connectivity index (χ1) is 13.1. The van der Waals surface area contributed by atoms with Gasteiger partial charge in [0.1, 0.15) is 0 Å². The molecule has 1 aromatic heterocycles. The Morgan fingerprint density at radius 3 is 2.71 bits per heavy atom. The fraction of sp³-hybridized carbons (Fsp3) is 0.700. The van der Waals surface area contributed by atoms with Crippen LogP contribution in [0.2, 0.25) is 4.34 Å². The van der Waals surface area contributed by atoms with Crippen molar-refractivity contribution in [1.82, 2.24) is 4.90 Å². The molecule has 2 saturated heterocycles. The van der Waals surface area contributed by atoms with E-state index in [-0.39, 0.29) is 23.8 Å². The van der Waals surface area contributed by atoms with Gasteiger partial charge in [-0.2, -0.15) is 0 Å². The van der Waals surface area contributed by atoms with Gasteiger partial charge in [-0.05, 0) is 37.8 Å². The van der Waals surface area contributed by atoms with Gasteiger partial charge in [0.2, 0.25) is 11.7 Å². The first kappa shape index (κ1) is 21.4. The van der Waals surface area contributed by atoms with E-state index in [0.29, 0.717) is 19.4 Å². The summed E-state index contributed by atoms with van der Waals surface area (Å²) in [7, 11) is 0. The van der Waals surface area contributed by atoms with Crippen LogP contribution in [-0.4, -0.2) is 54.3 Å². The van der Waals surface area contributed by atoms with Gasteiger partial charge in [0.25, 0.3) is 0 Å². The van der Waals surface area contributed by atoms with Crippen molar-refractivity contribution in [3.05, 3.63) is 16.5 Å². The second-order valence-electron chi connectivity index (χ2n) is 8.27. The van der Waals surface area contributed by atoms with E-state index in [1.54, 1.807) is 25.2 Å². The molecule has 0 aromatic carbocycles. The molecule has 0 spiro atoms. The van der Waals surface area contributed by atoms with E-state index in [0.717, 1.165) is 28.8 Å². The molecule has 1 amide bonds. The Hall–Kier alpha value is -1.31. The number of esters is 1. The van der Waals surface area contributed by atoms with Crippen LogP contribution in [0.3, 0.4) is 0 Å². The van der Waals surface area contributed by atoms with E-state index >= 15 is 0 Å². The SMILES string of the molecule is CC(CC[C@@H]1OC(C)(C)OC1=O)CC(=O)N1CCN(c2ccc(Cl)s2)C[C@H]1C. The lowest BCUT2D eigenvalue weighted by molar-refractivity contribution is -0.161. The second kappa shape index (κ2) is 8.59. The van der Waals surface area contributed by atoms with Gasteiger partial charge in [0.15, 0.2) is 6.10 Å². The number of hydrogen-bond acceptors (Lipinski definition) is 6. The summed E-state index contributed by atoms with van der Waals surface area (Å²) in [4.78, 5) is 28.9. The van der Waals surface area contributed by atoms with Gasteiger partial charge >= 0.3 is 5.97 Å². The standard InChI is InChI=1S/C20H29ClN2O4S/c1-13(5-6-15-19(25)27-20(3,4)26-15)11-17(24)23-10-9-22(12-14(23)2)18-8-7-16(21)28-18/h7-8,13-15H,5-6,9-12H2,1-4H3/t13?,14-,15+/m1/s1. The minimum absolute atomic E-state index is 0.156. The van der Waals surface area contributed by atoms with Gasteiger partial charge in [-0.25, -0.2) is 4.79 Å². The summed E-state index contributed by atoms with van der Waals surface area (Å²) in [6.07, 6.45) is 1.30. The van der Waals surface area contributed by atoms with E-state index in [9.17, 15) is 9.59 Å². The zero-order valence-electron chi connectivity index (χ0n) is 16.9. The molecule has 3 rings (SSSR count). The molecule has 3 heterocycles. The number of ether oxygens (including phenoxy) is 2. The van der Waals surface area contributed by atoms with E-state index in [2.05, 4.69) is 18.7 Å². The third-order valence-electron chi connectivity index (χ3n) is 5.30. The average molecular weight is 429 g/mol. The number of amides is 1. The largest absolute Gasteiger partial charge is 0.432 e. The molecular formula is C20H29ClN2O4S. The molecule has 6 nitrogen and oxygen atoms in total. The van der Waals surface area contributed by atoms with Crippen molar-refractivity contribution >= 4 is 39.8 Å². The zero-order valence-corrected chi connectivity index (χ0v) is 18.5. The molecule has 1 aromatic rings. The molecule has 28 heavy (non-hydrogen) atoms. The summed E-state index contributed by atoms with van der Waals surface area (Å²) in [5.74, 6) is -0.780. The number of hydrogen-bond donors (Lipinski definition) is 0. The number of rotatable bonds is 6. The lowest BCUT2D eigenvalue weighted by Crippen LogP contribution is -2.54. The minimum Gasteiger partial charge on any atom is -0.432 e. The first-order valence-corrected chi connectivity index (χ1v) is 11.0. The van der Waals surface area contributed by atoms with Crippen molar-refractivity contribution in [2.75, 3.05) is 24.5 Å². The highest BCUT2D eigenvalue weighted by Crippen LogP contribution is 2.31. The van der Waals surface area contributed by atoms with Crippen LogP contribution in [0.15, 0.2) is 12.1 Å². The fourth-order valence-corrected chi connectivity index (χ4v) is 4.92. The fourth-order valence-electron chi connectivity index (χ4n) is 3.86. The van der Waals surface area contributed by atoms with E-state index in [1.165, 1.54) is 0 Å². The molecule has 3 atom stereocenters. The van der Waals surface area contributed by atoms with E-state index in [1.807, 2.05) is 17.0 Å². The maximum absolute atomic E-state index is 12.8.